The molecule has 0 bridgehead atoms. The fourth-order valence-electron chi connectivity index (χ4n) is 3.21. The Morgan fingerprint density at radius 1 is 1.21 bits per heavy atom. The Kier molecular flexibility index (Phi) is 6.07. The lowest BCUT2D eigenvalue weighted by Gasteiger charge is -2.13. The monoisotopic (exact) mass is 381 g/mol. The first-order valence-corrected chi connectivity index (χ1v) is 9.90. The summed E-state index contributed by atoms with van der Waals surface area (Å²) in [4.78, 5) is 12.1. The predicted octanol–water partition coefficient (Wildman–Crippen LogP) is 3.92. The van der Waals surface area contributed by atoms with Crippen LogP contribution in [-0.4, -0.2) is 29.5 Å². The quantitative estimate of drug-likeness (QED) is 0.447. The van der Waals surface area contributed by atoms with Crippen molar-refractivity contribution in [3.05, 3.63) is 53.4 Å². The summed E-state index contributed by atoms with van der Waals surface area (Å²) in [6.07, 6.45) is 5.86. The first-order chi connectivity index (χ1) is 13.4. The van der Waals surface area contributed by atoms with Gasteiger partial charge in [-0.05, 0) is 24.0 Å². The van der Waals surface area contributed by atoms with E-state index in [1.54, 1.807) is 13.2 Å². The summed E-state index contributed by atoms with van der Waals surface area (Å²) in [7, 11) is 1.77. The fraction of sp³-hybridized carbons (Fsp3) is 0.455. The molecule has 150 valence electrons. The normalized spacial score (nSPS) is 12.5. The van der Waals surface area contributed by atoms with Crippen LogP contribution in [0.5, 0.6) is 0 Å². The predicted molar refractivity (Wildman–Crippen MR) is 115 cm³/mol. The number of rotatable bonds is 6. The Labute approximate surface area is 166 Å². The lowest BCUT2D eigenvalue weighted by molar-refractivity contribution is 0.379. The van der Waals surface area contributed by atoms with Crippen molar-refractivity contribution >= 4 is 16.9 Å². The Morgan fingerprint density at radius 2 is 2.04 bits per heavy atom. The molecule has 0 aliphatic rings. The van der Waals surface area contributed by atoms with Crippen LogP contribution >= 0.6 is 0 Å². The van der Waals surface area contributed by atoms with Crippen molar-refractivity contribution in [3.63, 3.8) is 0 Å². The average molecular weight is 382 g/mol. The summed E-state index contributed by atoms with van der Waals surface area (Å²) < 4.78 is 5.82. The van der Waals surface area contributed by atoms with Crippen molar-refractivity contribution in [2.45, 2.75) is 52.5 Å². The average Bonchev–Trinajstić information content (AvgIpc) is 3.31. The third-order valence-corrected chi connectivity index (χ3v) is 4.88. The van der Waals surface area contributed by atoms with Gasteiger partial charge < -0.3 is 20.0 Å². The van der Waals surface area contributed by atoms with Crippen LogP contribution in [0.2, 0.25) is 0 Å². The molecular formula is C22H31N5O. The molecule has 0 fully saturated rings. The number of nitrogens with zero attached hydrogens (tertiary/aromatic N) is 2. The smallest absolute Gasteiger partial charge is 0.213 e. The van der Waals surface area contributed by atoms with Gasteiger partial charge in [-0.25, -0.2) is 4.98 Å². The zero-order valence-corrected chi connectivity index (χ0v) is 17.5. The second-order valence-corrected chi connectivity index (χ2v) is 7.98. The molecule has 6 heteroatoms. The van der Waals surface area contributed by atoms with Gasteiger partial charge in [0.05, 0.1) is 12.7 Å². The Bertz CT molecular complexity index is 945. The van der Waals surface area contributed by atoms with Crippen molar-refractivity contribution in [2.75, 3.05) is 13.6 Å². The number of para-hydroxylation sites is 1. The topological polar surface area (TPSA) is 78.2 Å². The molecule has 2 heterocycles. The number of guanidine groups is 1. The SMILES string of the molecule is CCc1cccc2c(CCNC(=NC)NCc3ncc(C(C)(C)C)o3)c[nH]c12. The molecule has 28 heavy (non-hydrogen) atoms. The van der Waals surface area contributed by atoms with Gasteiger partial charge in [-0.15, -0.1) is 0 Å². The lowest BCUT2D eigenvalue weighted by atomic mass is 9.94. The van der Waals surface area contributed by atoms with Gasteiger partial charge in [0.2, 0.25) is 5.89 Å². The number of aromatic nitrogens is 2. The molecule has 0 aliphatic heterocycles. The number of aryl methyl sites for hydroxylation is 1. The highest BCUT2D eigenvalue weighted by Crippen LogP contribution is 2.23. The third kappa shape index (κ3) is 4.55. The van der Waals surface area contributed by atoms with E-state index in [1.165, 1.54) is 22.0 Å². The van der Waals surface area contributed by atoms with E-state index in [1.807, 2.05) is 0 Å². The molecule has 1 aromatic carbocycles. The van der Waals surface area contributed by atoms with E-state index in [0.717, 1.165) is 31.1 Å². The number of hydrogen-bond acceptors (Lipinski definition) is 3. The first-order valence-electron chi connectivity index (χ1n) is 9.90. The van der Waals surface area contributed by atoms with Crippen LogP contribution in [0.15, 0.2) is 40.0 Å². The van der Waals surface area contributed by atoms with Gasteiger partial charge in [0.25, 0.3) is 0 Å². The van der Waals surface area contributed by atoms with Gasteiger partial charge in [0.1, 0.15) is 5.76 Å². The number of oxazole rings is 1. The molecule has 3 rings (SSSR count). The van der Waals surface area contributed by atoms with E-state index in [9.17, 15) is 0 Å². The number of benzene rings is 1. The van der Waals surface area contributed by atoms with Gasteiger partial charge in [-0.3, -0.25) is 4.99 Å². The van der Waals surface area contributed by atoms with Gasteiger partial charge in [0, 0.05) is 36.1 Å². The second-order valence-electron chi connectivity index (χ2n) is 7.98. The largest absolute Gasteiger partial charge is 0.443 e. The fourth-order valence-corrected chi connectivity index (χ4v) is 3.21. The molecule has 0 amide bonds. The minimum atomic E-state index is -0.0395. The molecule has 0 aliphatic carbocycles. The van der Waals surface area contributed by atoms with E-state index in [0.29, 0.717) is 12.4 Å². The van der Waals surface area contributed by atoms with Crippen molar-refractivity contribution in [1.29, 1.82) is 0 Å². The number of aliphatic imine (C=N–C) groups is 1. The first kappa shape index (κ1) is 20.0. The Morgan fingerprint density at radius 3 is 2.71 bits per heavy atom. The van der Waals surface area contributed by atoms with E-state index < -0.39 is 0 Å². The van der Waals surface area contributed by atoms with E-state index >= 15 is 0 Å². The number of aromatic amines is 1. The van der Waals surface area contributed by atoms with Gasteiger partial charge >= 0.3 is 0 Å². The maximum atomic E-state index is 5.82. The number of fused-ring (bicyclic) bond motifs is 1. The summed E-state index contributed by atoms with van der Waals surface area (Å²) in [5, 5.41) is 7.93. The zero-order chi connectivity index (χ0) is 20.1. The molecule has 0 saturated carbocycles. The summed E-state index contributed by atoms with van der Waals surface area (Å²) >= 11 is 0. The van der Waals surface area contributed by atoms with Crippen LogP contribution in [0.1, 0.15) is 50.5 Å². The standard InChI is InChI=1S/C22H31N5O/c1-6-15-8-7-9-17-16(12-26-20(15)17)10-11-24-21(23-5)27-14-19-25-13-18(28-19)22(2,3)4/h7-9,12-13,26H,6,10-11,14H2,1-5H3,(H2,23,24,27). The van der Waals surface area contributed by atoms with Crippen LogP contribution in [0.25, 0.3) is 10.9 Å². The molecule has 0 spiro atoms. The van der Waals surface area contributed by atoms with Crippen LogP contribution in [0.4, 0.5) is 0 Å². The molecule has 3 N–H and O–H groups in total. The van der Waals surface area contributed by atoms with Crippen LogP contribution < -0.4 is 10.6 Å². The molecule has 2 aromatic heterocycles. The summed E-state index contributed by atoms with van der Waals surface area (Å²) in [5.74, 6) is 2.29. The van der Waals surface area contributed by atoms with E-state index in [2.05, 4.69) is 77.7 Å². The third-order valence-electron chi connectivity index (χ3n) is 4.88. The molecule has 6 nitrogen and oxygen atoms in total. The molecule has 0 unspecified atom stereocenters. The molecule has 0 radical (unpaired) electrons. The highest BCUT2D eigenvalue weighted by atomic mass is 16.4. The summed E-state index contributed by atoms with van der Waals surface area (Å²) in [6, 6.07) is 6.50. The van der Waals surface area contributed by atoms with Crippen molar-refractivity contribution < 1.29 is 4.42 Å². The number of nitrogens with one attached hydrogen (secondary N) is 3. The Balaban J connectivity index is 1.53. The van der Waals surface area contributed by atoms with Crippen molar-refractivity contribution in [3.8, 4) is 0 Å². The lowest BCUT2D eigenvalue weighted by Crippen LogP contribution is -2.37. The minimum Gasteiger partial charge on any atom is -0.443 e. The van der Waals surface area contributed by atoms with Gasteiger partial charge in [0.15, 0.2) is 5.96 Å². The van der Waals surface area contributed by atoms with Crippen molar-refractivity contribution in [1.82, 2.24) is 20.6 Å². The zero-order valence-electron chi connectivity index (χ0n) is 17.5. The molecular weight excluding hydrogens is 350 g/mol. The maximum Gasteiger partial charge on any atom is 0.213 e. The highest BCUT2D eigenvalue weighted by Gasteiger charge is 2.19. The number of hydrogen-bond donors (Lipinski definition) is 3. The second kappa shape index (κ2) is 8.50. The minimum absolute atomic E-state index is 0.0395. The molecule has 3 aromatic rings. The molecule has 0 saturated heterocycles. The van der Waals surface area contributed by atoms with Crippen LogP contribution in [0, 0.1) is 0 Å². The van der Waals surface area contributed by atoms with Crippen LogP contribution in [0.3, 0.4) is 0 Å². The van der Waals surface area contributed by atoms with E-state index in [-0.39, 0.29) is 5.41 Å². The maximum absolute atomic E-state index is 5.82. The number of H-pyrrole nitrogens is 1. The Hall–Kier alpha value is -2.76. The van der Waals surface area contributed by atoms with Gasteiger partial charge in [-0.1, -0.05) is 45.9 Å². The summed E-state index contributed by atoms with van der Waals surface area (Å²) in [6.45, 7) is 9.81. The molecule has 0 atom stereocenters. The van der Waals surface area contributed by atoms with Gasteiger partial charge in [-0.2, -0.15) is 0 Å². The van der Waals surface area contributed by atoms with Crippen molar-refractivity contribution in [2.24, 2.45) is 4.99 Å². The summed E-state index contributed by atoms with van der Waals surface area (Å²) in [5.41, 5.74) is 3.88. The van der Waals surface area contributed by atoms with E-state index in [4.69, 9.17) is 4.42 Å². The van der Waals surface area contributed by atoms with Crippen LogP contribution in [-0.2, 0) is 24.8 Å². The highest BCUT2D eigenvalue weighted by molar-refractivity contribution is 5.86.